The van der Waals surface area contributed by atoms with Crippen molar-refractivity contribution < 1.29 is 4.74 Å². The zero-order chi connectivity index (χ0) is 11.8. The molecule has 96 valence electrons. The van der Waals surface area contributed by atoms with Crippen LogP contribution in [0, 0.1) is 0 Å². The van der Waals surface area contributed by atoms with E-state index in [4.69, 9.17) is 4.74 Å². The Morgan fingerprint density at radius 1 is 1.38 bits per heavy atom. The molecule has 0 bridgehead atoms. The molecule has 0 saturated carbocycles. The Kier molecular flexibility index (Phi) is 7.01. The summed E-state index contributed by atoms with van der Waals surface area (Å²) in [4.78, 5) is 2.41. The van der Waals surface area contributed by atoms with E-state index in [1.807, 2.05) is 0 Å². The summed E-state index contributed by atoms with van der Waals surface area (Å²) in [6.07, 6.45) is 6.38. The van der Waals surface area contributed by atoms with Crippen molar-refractivity contribution in [3.63, 3.8) is 0 Å². The molecule has 1 heterocycles. The SMILES string of the molecule is CCCCC(COC)NC1CCN(C)CC1. The van der Waals surface area contributed by atoms with E-state index in [1.165, 1.54) is 45.2 Å². The molecule has 1 saturated heterocycles. The number of hydrogen-bond donors (Lipinski definition) is 1. The Bertz CT molecular complexity index is 167. The summed E-state index contributed by atoms with van der Waals surface area (Å²) in [5.41, 5.74) is 0. The van der Waals surface area contributed by atoms with Gasteiger partial charge < -0.3 is 15.0 Å². The topological polar surface area (TPSA) is 24.5 Å². The van der Waals surface area contributed by atoms with Gasteiger partial charge in [-0.2, -0.15) is 0 Å². The normalized spacial score (nSPS) is 21.2. The molecule has 0 aliphatic carbocycles. The molecule has 0 aromatic heterocycles. The first-order valence-corrected chi connectivity index (χ1v) is 6.69. The van der Waals surface area contributed by atoms with E-state index < -0.39 is 0 Å². The van der Waals surface area contributed by atoms with Crippen LogP contribution in [0.5, 0.6) is 0 Å². The Balaban J connectivity index is 2.24. The minimum Gasteiger partial charge on any atom is -0.383 e. The molecule has 1 aliphatic heterocycles. The van der Waals surface area contributed by atoms with Crippen LogP contribution < -0.4 is 5.32 Å². The summed E-state index contributed by atoms with van der Waals surface area (Å²) in [7, 11) is 4.01. The summed E-state index contributed by atoms with van der Waals surface area (Å²) in [6.45, 7) is 5.56. The minimum atomic E-state index is 0.554. The van der Waals surface area contributed by atoms with Gasteiger partial charge in [0.05, 0.1) is 6.61 Å². The highest BCUT2D eigenvalue weighted by Crippen LogP contribution is 2.11. The molecule has 1 N–H and O–H groups in total. The van der Waals surface area contributed by atoms with Crippen LogP contribution in [0.1, 0.15) is 39.0 Å². The molecule has 0 amide bonds. The summed E-state index contributed by atoms with van der Waals surface area (Å²) >= 11 is 0. The van der Waals surface area contributed by atoms with Gasteiger partial charge in [-0.05, 0) is 39.4 Å². The van der Waals surface area contributed by atoms with E-state index in [0.29, 0.717) is 12.1 Å². The average Bonchev–Trinajstić information content (AvgIpc) is 2.29. The van der Waals surface area contributed by atoms with Crippen molar-refractivity contribution in [2.24, 2.45) is 0 Å². The number of likely N-dealkylation sites (tertiary alicyclic amines) is 1. The molecule has 0 aromatic rings. The van der Waals surface area contributed by atoms with Crippen LogP contribution in [-0.2, 0) is 4.74 Å². The second-order valence-electron chi connectivity index (χ2n) is 5.04. The zero-order valence-corrected chi connectivity index (χ0v) is 11.2. The van der Waals surface area contributed by atoms with Crippen molar-refractivity contribution in [1.29, 1.82) is 0 Å². The van der Waals surface area contributed by atoms with Crippen molar-refractivity contribution in [1.82, 2.24) is 10.2 Å². The molecular formula is C13H28N2O. The van der Waals surface area contributed by atoms with Gasteiger partial charge in [0.15, 0.2) is 0 Å². The summed E-state index contributed by atoms with van der Waals surface area (Å²) in [5.74, 6) is 0. The van der Waals surface area contributed by atoms with Crippen LogP contribution in [0.4, 0.5) is 0 Å². The van der Waals surface area contributed by atoms with Crippen LogP contribution in [0.3, 0.4) is 0 Å². The van der Waals surface area contributed by atoms with E-state index in [2.05, 4.69) is 24.2 Å². The predicted molar refractivity (Wildman–Crippen MR) is 68.8 cm³/mol. The van der Waals surface area contributed by atoms with Crippen LogP contribution >= 0.6 is 0 Å². The Morgan fingerprint density at radius 2 is 2.06 bits per heavy atom. The van der Waals surface area contributed by atoms with E-state index in [9.17, 15) is 0 Å². The molecule has 0 aromatic carbocycles. The Morgan fingerprint density at radius 3 is 2.62 bits per heavy atom. The predicted octanol–water partition coefficient (Wildman–Crippen LogP) is 1.88. The van der Waals surface area contributed by atoms with Gasteiger partial charge in [0.25, 0.3) is 0 Å². The van der Waals surface area contributed by atoms with E-state index in [0.717, 1.165) is 6.61 Å². The lowest BCUT2D eigenvalue weighted by atomic mass is 10.0. The van der Waals surface area contributed by atoms with Gasteiger partial charge in [-0.25, -0.2) is 0 Å². The zero-order valence-electron chi connectivity index (χ0n) is 11.2. The first kappa shape index (κ1) is 13.9. The molecule has 1 rings (SSSR count). The fraction of sp³-hybridized carbons (Fsp3) is 1.00. The van der Waals surface area contributed by atoms with E-state index >= 15 is 0 Å². The highest BCUT2D eigenvalue weighted by molar-refractivity contribution is 4.79. The van der Waals surface area contributed by atoms with Gasteiger partial charge in [-0.3, -0.25) is 0 Å². The van der Waals surface area contributed by atoms with Crippen molar-refractivity contribution in [2.45, 2.75) is 51.1 Å². The van der Waals surface area contributed by atoms with Crippen molar-refractivity contribution >= 4 is 0 Å². The minimum absolute atomic E-state index is 0.554. The van der Waals surface area contributed by atoms with Crippen LogP contribution in [0.15, 0.2) is 0 Å². The molecule has 1 fully saturated rings. The van der Waals surface area contributed by atoms with E-state index in [-0.39, 0.29) is 0 Å². The van der Waals surface area contributed by atoms with Crippen LogP contribution in [0.25, 0.3) is 0 Å². The first-order valence-electron chi connectivity index (χ1n) is 6.69. The number of hydrogen-bond acceptors (Lipinski definition) is 3. The highest BCUT2D eigenvalue weighted by Gasteiger charge is 2.19. The number of ether oxygens (including phenoxy) is 1. The fourth-order valence-electron chi connectivity index (χ4n) is 2.38. The number of piperidine rings is 1. The fourth-order valence-corrected chi connectivity index (χ4v) is 2.38. The third-order valence-electron chi connectivity index (χ3n) is 3.46. The lowest BCUT2D eigenvalue weighted by Gasteiger charge is -2.32. The average molecular weight is 228 g/mol. The number of rotatable bonds is 7. The number of nitrogens with zero attached hydrogens (tertiary/aromatic N) is 1. The van der Waals surface area contributed by atoms with Gasteiger partial charge >= 0.3 is 0 Å². The maximum absolute atomic E-state index is 5.29. The Hall–Kier alpha value is -0.120. The van der Waals surface area contributed by atoms with Gasteiger partial charge in [0.2, 0.25) is 0 Å². The Labute approximate surface area is 101 Å². The molecular weight excluding hydrogens is 200 g/mol. The largest absolute Gasteiger partial charge is 0.383 e. The third kappa shape index (κ3) is 5.28. The standard InChI is InChI=1S/C13H28N2O/c1-4-5-6-13(11-16-3)14-12-7-9-15(2)10-8-12/h12-14H,4-11H2,1-3H3. The molecule has 1 unspecified atom stereocenters. The summed E-state index contributed by atoms with van der Waals surface area (Å²) < 4.78 is 5.29. The molecule has 0 spiro atoms. The lowest BCUT2D eigenvalue weighted by Crippen LogP contribution is -2.46. The number of nitrogens with one attached hydrogen (secondary N) is 1. The van der Waals surface area contributed by atoms with Gasteiger partial charge in [-0.1, -0.05) is 19.8 Å². The molecule has 1 aliphatic rings. The quantitative estimate of drug-likeness (QED) is 0.720. The van der Waals surface area contributed by atoms with Crippen molar-refractivity contribution in [3.8, 4) is 0 Å². The van der Waals surface area contributed by atoms with E-state index in [1.54, 1.807) is 7.11 Å². The maximum atomic E-state index is 5.29. The molecule has 16 heavy (non-hydrogen) atoms. The van der Waals surface area contributed by atoms with Crippen molar-refractivity contribution in [2.75, 3.05) is 33.9 Å². The highest BCUT2D eigenvalue weighted by atomic mass is 16.5. The van der Waals surface area contributed by atoms with Gasteiger partial charge in [0.1, 0.15) is 0 Å². The second kappa shape index (κ2) is 8.04. The van der Waals surface area contributed by atoms with Crippen LogP contribution in [0.2, 0.25) is 0 Å². The summed E-state index contributed by atoms with van der Waals surface area (Å²) in [5, 5.41) is 3.76. The van der Waals surface area contributed by atoms with Crippen LogP contribution in [-0.4, -0.2) is 50.8 Å². The lowest BCUT2D eigenvalue weighted by molar-refractivity contribution is 0.142. The molecule has 1 atom stereocenters. The number of methoxy groups -OCH3 is 1. The summed E-state index contributed by atoms with van der Waals surface area (Å²) in [6, 6.07) is 1.26. The molecule has 3 nitrogen and oxygen atoms in total. The maximum Gasteiger partial charge on any atom is 0.0615 e. The number of unbranched alkanes of at least 4 members (excludes halogenated alkanes) is 1. The molecule has 3 heteroatoms. The molecule has 0 radical (unpaired) electrons. The van der Waals surface area contributed by atoms with Crippen molar-refractivity contribution in [3.05, 3.63) is 0 Å². The first-order chi connectivity index (χ1) is 7.76. The van der Waals surface area contributed by atoms with Gasteiger partial charge in [0, 0.05) is 19.2 Å². The monoisotopic (exact) mass is 228 g/mol. The smallest absolute Gasteiger partial charge is 0.0615 e. The second-order valence-corrected chi connectivity index (χ2v) is 5.04. The van der Waals surface area contributed by atoms with Gasteiger partial charge in [-0.15, -0.1) is 0 Å². The third-order valence-corrected chi connectivity index (χ3v) is 3.46.